The first-order valence-electron chi connectivity index (χ1n) is 4.16. The third-order valence-electron chi connectivity index (χ3n) is 2.43. The lowest BCUT2D eigenvalue weighted by molar-refractivity contribution is 0.206. The molecule has 60 valence electrons. The van der Waals surface area contributed by atoms with Crippen LogP contribution in [0.4, 0.5) is 0 Å². The molecule has 1 fully saturated rings. The molecule has 0 aromatic heterocycles. The van der Waals surface area contributed by atoms with Gasteiger partial charge in [0, 0.05) is 25.8 Å². The molecule has 0 spiro atoms. The SMILES string of the molecule is CC(C)C(C)N1CCNC1. The fourth-order valence-corrected chi connectivity index (χ4v) is 1.29. The van der Waals surface area contributed by atoms with Crippen LogP contribution in [0.15, 0.2) is 0 Å². The van der Waals surface area contributed by atoms with Crippen LogP contribution < -0.4 is 5.32 Å². The van der Waals surface area contributed by atoms with Crippen molar-refractivity contribution >= 4 is 0 Å². The summed E-state index contributed by atoms with van der Waals surface area (Å²) in [5, 5.41) is 3.33. The first-order chi connectivity index (χ1) is 4.72. The highest BCUT2D eigenvalue weighted by molar-refractivity contribution is 4.74. The van der Waals surface area contributed by atoms with Gasteiger partial charge in [-0.25, -0.2) is 0 Å². The van der Waals surface area contributed by atoms with Gasteiger partial charge in [-0.2, -0.15) is 0 Å². The summed E-state index contributed by atoms with van der Waals surface area (Å²) in [6.07, 6.45) is 0. The van der Waals surface area contributed by atoms with Crippen LogP contribution in [0.25, 0.3) is 0 Å². The second-order valence-electron chi connectivity index (χ2n) is 3.46. The van der Waals surface area contributed by atoms with E-state index in [2.05, 4.69) is 31.0 Å². The Morgan fingerprint density at radius 1 is 1.30 bits per heavy atom. The van der Waals surface area contributed by atoms with E-state index in [1.807, 2.05) is 0 Å². The largest absolute Gasteiger partial charge is 0.303 e. The van der Waals surface area contributed by atoms with Crippen LogP contribution in [0.1, 0.15) is 20.8 Å². The van der Waals surface area contributed by atoms with Gasteiger partial charge in [-0.05, 0) is 12.8 Å². The molecule has 1 rings (SSSR count). The van der Waals surface area contributed by atoms with E-state index in [1.54, 1.807) is 0 Å². The van der Waals surface area contributed by atoms with Gasteiger partial charge in [0.15, 0.2) is 0 Å². The normalized spacial score (nSPS) is 24.0. The van der Waals surface area contributed by atoms with E-state index in [0.717, 1.165) is 25.2 Å². The Labute approximate surface area is 63.6 Å². The van der Waals surface area contributed by atoms with Crippen molar-refractivity contribution in [2.24, 2.45) is 5.92 Å². The Kier molecular flexibility index (Phi) is 2.69. The first kappa shape index (κ1) is 8.02. The minimum absolute atomic E-state index is 0.731. The molecule has 1 aliphatic rings. The minimum atomic E-state index is 0.731. The quantitative estimate of drug-likeness (QED) is 0.616. The van der Waals surface area contributed by atoms with Crippen LogP contribution >= 0.6 is 0 Å². The van der Waals surface area contributed by atoms with Crippen LogP contribution in [-0.2, 0) is 0 Å². The van der Waals surface area contributed by atoms with E-state index in [0.29, 0.717) is 0 Å². The number of hydrogen-bond donors (Lipinski definition) is 1. The highest BCUT2D eigenvalue weighted by atomic mass is 15.3. The molecular weight excluding hydrogens is 124 g/mol. The molecule has 0 saturated carbocycles. The maximum absolute atomic E-state index is 3.33. The Morgan fingerprint density at radius 2 is 2.00 bits per heavy atom. The third-order valence-corrected chi connectivity index (χ3v) is 2.43. The van der Waals surface area contributed by atoms with E-state index in [-0.39, 0.29) is 0 Å². The molecule has 1 heterocycles. The highest BCUT2D eigenvalue weighted by Gasteiger charge is 2.19. The third kappa shape index (κ3) is 1.70. The predicted molar refractivity (Wildman–Crippen MR) is 43.9 cm³/mol. The predicted octanol–water partition coefficient (Wildman–Crippen LogP) is 0.894. The van der Waals surface area contributed by atoms with E-state index in [1.165, 1.54) is 6.54 Å². The molecule has 0 bridgehead atoms. The summed E-state index contributed by atoms with van der Waals surface area (Å²) in [6, 6.07) is 0.731. The summed E-state index contributed by atoms with van der Waals surface area (Å²) in [7, 11) is 0. The molecule has 1 N–H and O–H groups in total. The summed E-state index contributed by atoms with van der Waals surface area (Å²) in [4.78, 5) is 2.49. The standard InChI is InChI=1S/C8H18N2/c1-7(2)8(3)10-5-4-9-6-10/h7-9H,4-6H2,1-3H3. The number of nitrogens with zero attached hydrogens (tertiary/aromatic N) is 1. The van der Waals surface area contributed by atoms with Gasteiger partial charge in [0.2, 0.25) is 0 Å². The van der Waals surface area contributed by atoms with Crippen molar-refractivity contribution in [3.05, 3.63) is 0 Å². The second-order valence-corrected chi connectivity index (χ2v) is 3.46. The zero-order valence-electron chi connectivity index (χ0n) is 7.22. The van der Waals surface area contributed by atoms with Gasteiger partial charge in [0.1, 0.15) is 0 Å². The summed E-state index contributed by atoms with van der Waals surface area (Å²) >= 11 is 0. The van der Waals surface area contributed by atoms with Gasteiger partial charge in [-0.15, -0.1) is 0 Å². The molecule has 2 heteroatoms. The topological polar surface area (TPSA) is 15.3 Å². The maximum Gasteiger partial charge on any atom is 0.0484 e. The van der Waals surface area contributed by atoms with E-state index >= 15 is 0 Å². The van der Waals surface area contributed by atoms with Crippen LogP contribution in [0, 0.1) is 5.92 Å². The van der Waals surface area contributed by atoms with Gasteiger partial charge in [-0.1, -0.05) is 13.8 Å². The van der Waals surface area contributed by atoms with Gasteiger partial charge < -0.3 is 5.32 Å². The summed E-state index contributed by atoms with van der Waals surface area (Å²) in [5.74, 6) is 0.778. The second kappa shape index (κ2) is 3.35. The smallest absolute Gasteiger partial charge is 0.0484 e. The van der Waals surface area contributed by atoms with Crippen molar-refractivity contribution in [3.8, 4) is 0 Å². The molecule has 0 aliphatic carbocycles. The monoisotopic (exact) mass is 142 g/mol. The summed E-state index contributed by atoms with van der Waals surface area (Å²) < 4.78 is 0. The van der Waals surface area contributed by atoms with E-state index in [4.69, 9.17) is 0 Å². The van der Waals surface area contributed by atoms with Crippen molar-refractivity contribution < 1.29 is 0 Å². The van der Waals surface area contributed by atoms with Crippen LogP contribution in [0.3, 0.4) is 0 Å². The van der Waals surface area contributed by atoms with Crippen LogP contribution in [-0.4, -0.2) is 30.7 Å². The van der Waals surface area contributed by atoms with Crippen molar-refractivity contribution in [1.82, 2.24) is 10.2 Å². The maximum atomic E-state index is 3.33. The fraction of sp³-hybridized carbons (Fsp3) is 1.00. The molecule has 1 unspecified atom stereocenters. The van der Waals surface area contributed by atoms with Crippen molar-refractivity contribution in [2.75, 3.05) is 19.8 Å². The number of nitrogens with one attached hydrogen (secondary N) is 1. The van der Waals surface area contributed by atoms with E-state index in [9.17, 15) is 0 Å². The Balaban J connectivity index is 2.32. The van der Waals surface area contributed by atoms with Gasteiger partial charge in [0.05, 0.1) is 0 Å². The van der Waals surface area contributed by atoms with Crippen molar-refractivity contribution in [1.29, 1.82) is 0 Å². The van der Waals surface area contributed by atoms with Gasteiger partial charge in [-0.3, -0.25) is 4.90 Å². The van der Waals surface area contributed by atoms with E-state index < -0.39 is 0 Å². The lowest BCUT2D eigenvalue weighted by Gasteiger charge is -2.26. The zero-order chi connectivity index (χ0) is 7.56. The highest BCUT2D eigenvalue weighted by Crippen LogP contribution is 2.10. The minimum Gasteiger partial charge on any atom is -0.303 e. The fourth-order valence-electron chi connectivity index (χ4n) is 1.29. The molecule has 1 atom stereocenters. The van der Waals surface area contributed by atoms with Gasteiger partial charge in [0.25, 0.3) is 0 Å². The average Bonchev–Trinajstić information content (AvgIpc) is 2.36. The number of rotatable bonds is 2. The molecule has 2 nitrogen and oxygen atoms in total. The number of hydrogen-bond acceptors (Lipinski definition) is 2. The lowest BCUT2D eigenvalue weighted by atomic mass is 10.1. The molecule has 0 amide bonds. The first-order valence-corrected chi connectivity index (χ1v) is 4.16. The van der Waals surface area contributed by atoms with Crippen LogP contribution in [0.5, 0.6) is 0 Å². The molecule has 0 aromatic carbocycles. The molecule has 1 aliphatic heterocycles. The molecule has 1 saturated heterocycles. The molecular formula is C8H18N2. The van der Waals surface area contributed by atoms with Gasteiger partial charge >= 0.3 is 0 Å². The lowest BCUT2D eigenvalue weighted by Crippen LogP contribution is -2.35. The summed E-state index contributed by atoms with van der Waals surface area (Å²) in [6.45, 7) is 10.3. The average molecular weight is 142 g/mol. The molecule has 0 radical (unpaired) electrons. The molecule has 10 heavy (non-hydrogen) atoms. The Morgan fingerprint density at radius 3 is 2.40 bits per heavy atom. The molecule has 0 aromatic rings. The Bertz CT molecular complexity index is 95.4. The van der Waals surface area contributed by atoms with Crippen molar-refractivity contribution in [2.45, 2.75) is 26.8 Å². The Hall–Kier alpha value is -0.0800. The van der Waals surface area contributed by atoms with Crippen molar-refractivity contribution in [3.63, 3.8) is 0 Å². The van der Waals surface area contributed by atoms with Crippen LogP contribution in [0.2, 0.25) is 0 Å². The zero-order valence-corrected chi connectivity index (χ0v) is 7.22. The summed E-state index contributed by atoms with van der Waals surface area (Å²) in [5.41, 5.74) is 0.